The quantitative estimate of drug-likeness (QED) is 0.619. The number of nitrogens with one attached hydrogen (secondary N) is 2. The highest BCUT2D eigenvalue weighted by Crippen LogP contribution is 2.27. The van der Waals surface area contributed by atoms with Crippen LogP contribution in [0, 0.1) is 0 Å². The Kier molecular flexibility index (Phi) is 2.93. The minimum absolute atomic E-state index is 0.0112. The normalized spacial score (nSPS) is 29.5. The van der Waals surface area contributed by atoms with Crippen LogP contribution in [0.3, 0.4) is 0 Å². The number of likely N-dealkylation sites (tertiary alicyclic amines) is 1. The summed E-state index contributed by atoms with van der Waals surface area (Å²) in [5.41, 5.74) is -0.815. The number of imide groups is 1. The number of rotatable bonds is 1. The molecule has 3 saturated heterocycles. The molecule has 0 aromatic rings. The van der Waals surface area contributed by atoms with Crippen LogP contribution in [-0.2, 0) is 14.3 Å². The van der Waals surface area contributed by atoms with Crippen molar-refractivity contribution in [2.24, 2.45) is 0 Å². The summed E-state index contributed by atoms with van der Waals surface area (Å²) < 4.78 is 5.38. The fourth-order valence-electron chi connectivity index (χ4n) is 2.97. The van der Waals surface area contributed by atoms with Gasteiger partial charge < -0.3 is 15.0 Å². The molecule has 1 atom stereocenters. The predicted molar refractivity (Wildman–Crippen MR) is 64.2 cm³/mol. The summed E-state index contributed by atoms with van der Waals surface area (Å²) in [4.78, 5) is 36.9. The Morgan fingerprint density at radius 2 is 2.05 bits per heavy atom. The van der Waals surface area contributed by atoms with E-state index in [9.17, 15) is 14.4 Å². The monoisotopic (exact) mass is 267 g/mol. The van der Waals surface area contributed by atoms with E-state index in [1.54, 1.807) is 4.90 Å². The molecule has 3 heterocycles. The third-order valence-corrected chi connectivity index (χ3v) is 4.15. The van der Waals surface area contributed by atoms with Gasteiger partial charge in [0.15, 0.2) is 0 Å². The van der Waals surface area contributed by atoms with Gasteiger partial charge in [0.2, 0.25) is 0 Å². The van der Waals surface area contributed by atoms with Crippen molar-refractivity contribution < 1.29 is 19.1 Å². The van der Waals surface area contributed by atoms with Crippen LogP contribution >= 0.6 is 0 Å². The highest BCUT2D eigenvalue weighted by molar-refractivity contribution is 6.07. The van der Waals surface area contributed by atoms with Crippen molar-refractivity contribution in [1.29, 1.82) is 0 Å². The molecule has 0 aromatic carbocycles. The van der Waals surface area contributed by atoms with Crippen molar-refractivity contribution in [3.05, 3.63) is 0 Å². The van der Waals surface area contributed by atoms with Crippen molar-refractivity contribution in [1.82, 2.24) is 15.5 Å². The van der Waals surface area contributed by atoms with E-state index in [1.807, 2.05) is 0 Å². The van der Waals surface area contributed by atoms with Crippen LogP contribution in [0.4, 0.5) is 4.79 Å². The SMILES string of the molecule is O=C1NC(=O)C2(CCN(C(=O)[C@H]3CCCO3)CC2)N1. The van der Waals surface area contributed by atoms with Crippen LogP contribution in [0.15, 0.2) is 0 Å². The van der Waals surface area contributed by atoms with E-state index in [2.05, 4.69) is 10.6 Å². The van der Waals surface area contributed by atoms with Gasteiger partial charge in [-0.3, -0.25) is 14.9 Å². The molecule has 3 aliphatic heterocycles. The van der Waals surface area contributed by atoms with Crippen LogP contribution in [-0.4, -0.2) is 54.1 Å². The highest BCUT2D eigenvalue weighted by atomic mass is 16.5. The van der Waals surface area contributed by atoms with E-state index in [0.717, 1.165) is 12.8 Å². The average molecular weight is 267 g/mol. The van der Waals surface area contributed by atoms with Crippen LogP contribution in [0.2, 0.25) is 0 Å². The van der Waals surface area contributed by atoms with E-state index in [4.69, 9.17) is 4.74 Å². The first-order valence-corrected chi connectivity index (χ1v) is 6.65. The minimum Gasteiger partial charge on any atom is -0.368 e. The molecule has 2 N–H and O–H groups in total. The molecule has 0 radical (unpaired) electrons. The summed E-state index contributed by atoms with van der Waals surface area (Å²) in [7, 11) is 0. The lowest BCUT2D eigenvalue weighted by molar-refractivity contribution is -0.144. The summed E-state index contributed by atoms with van der Waals surface area (Å²) in [6.07, 6.45) is 2.30. The number of amides is 4. The fraction of sp³-hybridized carbons (Fsp3) is 0.750. The third kappa shape index (κ3) is 2.07. The number of nitrogens with zero attached hydrogens (tertiary/aromatic N) is 1. The van der Waals surface area contributed by atoms with Gasteiger partial charge in [0.1, 0.15) is 11.6 Å². The molecule has 0 aliphatic carbocycles. The molecule has 104 valence electrons. The number of carbonyl (C=O) groups excluding carboxylic acids is 3. The summed E-state index contributed by atoms with van der Waals surface area (Å²) in [6.45, 7) is 1.60. The third-order valence-electron chi connectivity index (χ3n) is 4.15. The molecule has 19 heavy (non-hydrogen) atoms. The Balaban J connectivity index is 1.61. The topological polar surface area (TPSA) is 87.7 Å². The summed E-state index contributed by atoms with van der Waals surface area (Å²) in [5.74, 6) is -0.265. The van der Waals surface area contributed by atoms with E-state index in [1.165, 1.54) is 0 Å². The molecule has 4 amide bonds. The molecule has 0 unspecified atom stereocenters. The molecule has 3 aliphatic rings. The molecule has 1 spiro atoms. The fourth-order valence-corrected chi connectivity index (χ4v) is 2.97. The number of carbonyl (C=O) groups is 3. The molecular weight excluding hydrogens is 250 g/mol. The number of piperidine rings is 1. The van der Waals surface area contributed by atoms with Gasteiger partial charge >= 0.3 is 6.03 Å². The standard InChI is InChI=1S/C12H17N3O4/c16-9(8-2-1-7-19-8)15-5-3-12(4-6-15)10(17)13-11(18)14-12/h8H,1-7H2,(H2,13,14,17,18)/t8-/m1/s1. The molecule has 3 rings (SSSR count). The van der Waals surface area contributed by atoms with E-state index >= 15 is 0 Å². The van der Waals surface area contributed by atoms with Crippen LogP contribution in [0.1, 0.15) is 25.7 Å². The van der Waals surface area contributed by atoms with E-state index in [0.29, 0.717) is 32.5 Å². The summed E-state index contributed by atoms with van der Waals surface area (Å²) in [5, 5.41) is 4.94. The van der Waals surface area contributed by atoms with Gasteiger partial charge in [-0.2, -0.15) is 0 Å². The van der Waals surface area contributed by atoms with Crippen LogP contribution in [0.5, 0.6) is 0 Å². The van der Waals surface area contributed by atoms with Crippen LogP contribution in [0.25, 0.3) is 0 Å². The first-order chi connectivity index (χ1) is 9.11. The lowest BCUT2D eigenvalue weighted by Crippen LogP contribution is -2.56. The maximum Gasteiger partial charge on any atom is 0.322 e. The second kappa shape index (κ2) is 4.48. The van der Waals surface area contributed by atoms with Crippen molar-refractivity contribution in [2.45, 2.75) is 37.3 Å². The Labute approximate surface area is 110 Å². The zero-order chi connectivity index (χ0) is 13.5. The zero-order valence-corrected chi connectivity index (χ0v) is 10.6. The zero-order valence-electron chi connectivity index (χ0n) is 10.6. The van der Waals surface area contributed by atoms with Gasteiger partial charge in [0.25, 0.3) is 11.8 Å². The molecule has 3 fully saturated rings. The van der Waals surface area contributed by atoms with Gasteiger partial charge in [-0.15, -0.1) is 0 Å². The Hall–Kier alpha value is -1.63. The molecular formula is C12H17N3O4. The van der Waals surface area contributed by atoms with Crippen molar-refractivity contribution in [2.75, 3.05) is 19.7 Å². The van der Waals surface area contributed by atoms with Gasteiger partial charge in [-0.25, -0.2) is 4.79 Å². The lowest BCUT2D eigenvalue weighted by atomic mass is 9.87. The first-order valence-electron chi connectivity index (χ1n) is 6.65. The molecule has 0 aromatic heterocycles. The Morgan fingerprint density at radius 3 is 2.58 bits per heavy atom. The van der Waals surface area contributed by atoms with Gasteiger partial charge in [-0.05, 0) is 25.7 Å². The maximum absolute atomic E-state index is 12.2. The summed E-state index contributed by atoms with van der Waals surface area (Å²) >= 11 is 0. The van der Waals surface area contributed by atoms with Crippen LogP contribution < -0.4 is 10.6 Å². The first kappa shape index (κ1) is 12.4. The second-order valence-electron chi connectivity index (χ2n) is 5.32. The Bertz CT molecular complexity index is 423. The average Bonchev–Trinajstić information content (AvgIpc) is 2.99. The number of hydrogen-bond acceptors (Lipinski definition) is 4. The molecule has 0 saturated carbocycles. The number of hydrogen-bond donors (Lipinski definition) is 2. The van der Waals surface area contributed by atoms with Crippen molar-refractivity contribution >= 4 is 17.8 Å². The number of ether oxygens (including phenoxy) is 1. The van der Waals surface area contributed by atoms with Crippen molar-refractivity contribution in [3.63, 3.8) is 0 Å². The number of urea groups is 1. The van der Waals surface area contributed by atoms with Gasteiger partial charge in [0, 0.05) is 19.7 Å². The van der Waals surface area contributed by atoms with Gasteiger partial charge in [0.05, 0.1) is 0 Å². The smallest absolute Gasteiger partial charge is 0.322 e. The second-order valence-corrected chi connectivity index (χ2v) is 5.32. The maximum atomic E-state index is 12.2. The van der Waals surface area contributed by atoms with E-state index in [-0.39, 0.29) is 17.9 Å². The van der Waals surface area contributed by atoms with Crippen molar-refractivity contribution in [3.8, 4) is 0 Å². The molecule has 7 heteroatoms. The largest absolute Gasteiger partial charge is 0.368 e. The van der Waals surface area contributed by atoms with Gasteiger partial charge in [-0.1, -0.05) is 0 Å². The lowest BCUT2D eigenvalue weighted by Gasteiger charge is -2.37. The molecule has 7 nitrogen and oxygen atoms in total. The predicted octanol–water partition coefficient (Wildman–Crippen LogP) is -0.634. The minimum atomic E-state index is -0.815. The van der Waals surface area contributed by atoms with E-state index < -0.39 is 11.6 Å². The molecule has 0 bridgehead atoms. The highest BCUT2D eigenvalue weighted by Gasteiger charge is 2.48. The summed E-state index contributed by atoms with van der Waals surface area (Å²) in [6, 6.07) is -0.441. The Morgan fingerprint density at radius 1 is 1.32 bits per heavy atom.